The van der Waals surface area contributed by atoms with Crippen LogP contribution >= 0.6 is 0 Å². The van der Waals surface area contributed by atoms with E-state index in [0.717, 1.165) is 32.5 Å². The molecule has 0 fully saturated rings. The van der Waals surface area contributed by atoms with Crippen molar-refractivity contribution in [2.24, 2.45) is 13.0 Å². The van der Waals surface area contributed by atoms with E-state index in [9.17, 15) is 0 Å². The summed E-state index contributed by atoms with van der Waals surface area (Å²) < 4.78 is 6.96. The summed E-state index contributed by atoms with van der Waals surface area (Å²) in [5.74, 6) is 0.563. The van der Waals surface area contributed by atoms with Gasteiger partial charge < -0.3 is 10.1 Å². The van der Waals surface area contributed by atoms with Gasteiger partial charge >= 0.3 is 0 Å². The first-order valence-electron chi connectivity index (χ1n) is 7.49. The van der Waals surface area contributed by atoms with E-state index in [1.165, 1.54) is 11.1 Å². The van der Waals surface area contributed by atoms with Crippen LogP contribution in [0, 0.1) is 5.92 Å². The number of benzene rings is 1. The van der Waals surface area contributed by atoms with Crippen LogP contribution in [0.5, 0.6) is 0 Å². The molecule has 0 bridgehead atoms. The minimum absolute atomic E-state index is 0.563. The van der Waals surface area contributed by atoms with Crippen molar-refractivity contribution in [1.29, 1.82) is 0 Å². The Kier molecular flexibility index (Phi) is 6.44. The van der Waals surface area contributed by atoms with E-state index in [4.69, 9.17) is 4.74 Å². The smallest absolute Gasteiger partial charge is 0.0587 e. The minimum Gasteiger partial charge on any atom is -0.383 e. The molecule has 1 N–H and O–H groups in total. The Morgan fingerprint density at radius 2 is 1.95 bits per heavy atom. The molecule has 1 heterocycles. The summed E-state index contributed by atoms with van der Waals surface area (Å²) in [6.07, 6.45) is 6.19. The van der Waals surface area contributed by atoms with E-state index >= 15 is 0 Å². The minimum atomic E-state index is 0.563. The van der Waals surface area contributed by atoms with E-state index in [2.05, 4.69) is 46.9 Å². The van der Waals surface area contributed by atoms with Gasteiger partial charge in [0.05, 0.1) is 12.8 Å². The normalized spacial score (nSPS) is 12.5. The van der Waals surface area contributed by atoms with Crippen molar-refractivity contribution in [2.75, 3.05) is 26.8 Å². The molecule has 4 heteroatoms. The Labute approximate surface area is 127 Å². The van der Waals surface area contributed by atoms with Crippen molar-refractivity contribution in [3.05, 3.63) is 53.9 Å². The summed E-state index contributed by atoms with van der Waals surface area (Å²) in [6.45, 7) is 2.65. The number of hydrogen-bond acceptors (Lipinski definition) is 3. The fourth-order valence-corrected chi connectivity index (χ4v) is 2.55. The lowest BCUT2D eigenvalue weighted by Crippen LogP contribution is -2.28. The molecule has 21 heavy (non-hydrogen) atoms. The van der Waals surface area contributed by atoms with Crippen molar-refractivity contribution in [2.45, 2.75) is 12.8 Å². The highest BCUT2D eigenvalue weighted by molar-refractivity contribution is 5.16. The molecule has 2 rings (SSSR count). The standard InChI is InChI=1S/C17H25N3O/c1-20-14-17(13-19-20)11-16(12-18-8-9-21-2)10-15-6-4-3-5-7-15/h3-7,13-14,16,18H,8-12H2,1-2H3. The second-order valence-electron chi connectivity index (χ2n) is 5.48. The molecular formula is C17H25N3O. The zero-order valence-corrected chi connectivity index (χ0v) is 13.0. The fourth-order valence-electron chi connectivity index (χ4n) is 2.55. The molecule has 1 aromatic heterocycles. The van der Waals surface area contributed by atoms with E-state index in [0.29, 0.717) is 5.92 Å². The van der Waals surface area contributed by atoms with E-state index in [1.54, 1.807) is 7.11 Å². The van der Waals surface area contributed by atoms with Crippen LogP contribution in [0.25, 0.3) is 0 Å². The number of hydrogen-bond donors (Lipinski definition) is 1. The average Bonchev–Trinajstić information content (AvgIpc) is 2.90. The number of nitrogens with one attached hydrogen (secondary N) is 1. The van der Waals surface area contributed by atoms with E-state index in [1.807, 2.05) is 17.9 Å². The Morgan fingerprint density at radius 1 is 1.19 bits per heavy atom. The van der Waals surface area contributed by atoms with Crippen molar-refractivity contribution >= 4 is 0 Å². The molecule has 0 saturated carbocycles. The third-order valence-electron chi connectivity index (χ3n) is 3.57. The first-order chi connectivity index (χ1) is 10.3. The molecular weight excluding hydrogens is 262 g/mol. The first-order valence-corrected chi connectivity index (χ1v) is 7.49. The molecule has 0 spiro atoms. The van der Waals surface area contributed by atoms with Crippen LogP contribution < -0.4 is 5.32 Å². The zero-order valence-electron chi connectivity index (χ0n) is 13.0. The largest absolute Gasteiger partial charge is 0.383 e. The molecule has 1 unspecified atom stereocenters. The summed E-state index contributed by atoms with van der Waals surface area (Å²) in [4.78, 5) is 0. The summed E-state index contributed by atoms with van der Waals surface area (Å²) in [7, 11) is 3.70. The molecule has 0 aliphatic rings. The highest BCUT2D eigenvalue weighted by Gasteiger charge is 2.11. The van der Waals surface area contributed by atoms with Gasteiger partial charge in [0, 0.05) is 26.9 Å². The third kappa shape index (κ3) is 5.69. The highest BCUT2D eigenvalue weighted by atomic mass is 16.5. The Balaban J connectivity index is 1.92. The van der Waals surface area contributed by atoms with Gasteiger partial charge in [-0.25, -0.2) is 0 Å². The number of ether oxygens (including phenoxy) is 1. The second kappa shape index (κ2) is 8.60. The van der Waals surface area contributed by atoms with Gasteiger partial charge in [0.2, 0.25) is 0 Å². The fraction of sp³-hybridized carbons (Fsp3) is 0.471. The molecule has 0 saturated heterocycles. The Morgan fingerprint density at radius 3 is 2.62 bits per heavy atom. The maximum absolute atomic E-state index is 5.09. The Hall–Kier alpha value is -1.65. The molecule has 0 amide bonds. The maximum atomic E-state index is 5.09. The van der Waals surface area contributed by atoms with Gasteiger partial charge in [0.25, 0.3) is 0 Å². The zero-order chi connectivity index (χ0) is 14.9. The maximum Gasteiger partial charge on any atom is 0.0587 e. The topological polar surface area (TPSA) is 39.1 Å². The second-order valence-corrected chi connectivity index (χ2v) is 5.48. The van der Waals surface area contributed by atoms with Crippen LogP contribution in [0.3, 0.4) is 0 Å². The van der Waals surface area contributed by atoms with Gasteiger partial charge in [0.1, 0.15) is 0 Å². The lowest BCUT2D eigenvalue weighted by atomic mass is 9.93. The van der Waals surface area contributed by atoms with Crippen molar-refractivity contribution < 1.29 is 4.74 Å². The van der Waals surface area contributed by atoms with Crippen molar-refractivity contribution in [1.82, 2.24) is 15.1 Å². The van der Waals surface area contributed by atoms with Crippen LogP contribution in [0.2, 0.25) is 0 Å². The summed E-state index contributed by atoms with van der Waals surface area (Å²) >= 11 is 0. The lowest BCUT2D eigenvalue weighted by Gasteiger charge is -2.17. The van der Waals surface area contributed by atoms with Crippen LogP contribution in [-0.4, -0.2) is 36.6 Å². The first kappa shape index (κ1) is 15.7. The van der Waals surface area contributed by atoms with Crippen molar-refractivity contribution in [3.8, 4) is 0 Å². The van der Waals surface area contributed by atoms with Gasteiger partial charge in [-0.05, 0) is 36.4 Å². The summed E-state index contributed by atoms with van der Waals surface area (Å²) in [6, 6.07) is 10.7. The number of aryl methyl sites for hydroxylation is 1. The summed E-state index contributed by atoms with van der Waals surface area (Å²) in [5.41, 5.74) is 2.69. The van der Waals surface area contributed by atoms with Gasteiger partial charge in [0.15, 0.2) is 0 Å². The van der Waals surface area contributed by atoms with E-state index < -0.39 is 0 Å². The number of aromatic nitrogens is 2. The molecule has 1 aromatic carbocycles. The van der Waals surface area contributed by atoms with Gasteiger partial charge in [-0.2, -0.15) is 5.10 Å². The predicted molar refractivity (Wildman–Crippen MR) is 85.3 cm³/mol. The van der Waals surface area contributed by atoms with Crippen LogP contribution in [0.4, 0.5) is 0 Å². The van der Waals surface area contributed by atoms with Gasteiger partial charge in [-0.3, -0.25) is 4.68 Å². The molecule has 114 valence electrons. The number of nitrogens with zero attached hydrogens (tertiary/aromatic N) is 2. The lowest BCUT2D eigenvalue weighted by molar-refractivity contribution is 0.197. The number of methoxy groups -OCH3 is 1. The average molecular weight is 287 g/mol. The van der Waals surface area contributed by atoms with Crippen LogP contribution in [-0.2, 0) is 24.6 Å². The Bertz CT molecular complexity index is 510. The predicted octanol–water partition coefficient (Wildman–Crippen LogP) is 2.06. The monoisotopic (exact) mass is 287 g/mol. The molecule has 1 atom stereocenters. The highest BCUT2D eigenvalue weighted by Crippen LogP contribution is 2.14. The molecule has 4 nitrogen and oxygen atoms in total. The molecule has 0 aliphatic heterocycles. The summed E-state index contributed by atoms with van der Waals surface area (Å²) in [5, 5.41) is 7.74. The van der Waals surface area contributed by atoms with Crippen molar-refractivity contribution in [3.63, 3.8) is 0 Å². The van der Waals surface area contributed by atoms with Gasteiger partial charge in [-0.1, -0.05) is 30.3 Å². The molecule has 2 aromatic rings. The quantitative estimate of drug-likeness (QED) is 0.718. The number of rotatable bonds is 9. The SMILES string of the molecule is COCCNCC(Cc1ccccc1)Cc1cnn(C)c1. The van der Waals surface area contributed by atoms with E-state index in [-0.39, 0.29) is 0 Å². The molecule has 0 radical (unpaired) electrons. The van der Waals surface area contributed by atoms with Gasteiger partial charge in [-0.15, -0.1) is 0 Å². The third-order valence-corrected chi connectivity index (χ3v) is 3.57. The van der Waals surface area contributed by atoms with Crippen LogP contribution in [0.15, 0.2) is 42.7 Å². The van der Waals surface area contributed by atoms with Crippen LogP contribution in [0.1, 0.15) is 11.1 Å². The molecule has 0 aliphatic carbocycles.